The first-order chi connectivity index (χ1) is 7.52. The van der Waals surface area contributed by atoms with E-state index in [9.17, 15) is 4.21 Å². The fourth-order valence-electron chi connectivity index (χ4n) is 0.899. The highest BCUT2D eigenvalue weighted by Crippen LogP contribution is 2.09. The Hall–Kier alpha value is 0.130. The van der Waals surface area contributed by atoms with Gasteiger partial charge in [0.25, 0.3) is 0 Å². The fourth-order valence-corrected chi connectivity index (χ4v) is 2.64. The average Bonchev–Trinajstić information content (AvgIpc) is 2.16. The van der Waals surface area contributed by atoms with Gasteiger partial charge in [-0.2, -0.15) is 0 Å². The van der Waals surface area contributed by atoms with Gasteiger partial charge in [-0.3, -0.25) is 4.21 Å². The fraction of sp³-hybridized carbons (Fsp3) is 0.727. The summed E-state index contributed by atoms with van der Waals surface area (Å²) < 4.78 is 11.6. The van der Waals surface area contributed by atoms with E-state index in [4.69, 9.17) is 12.2 Å². The molecule has 0 bridgehead atoms. The lowest BCUT2D eigenvalue weighted by atomic mass is 10.2. The number of hydrogen-bond acceptors (Lipinski definition) is 3. The van der Waals surface area contributed by atoms with Gasteiger partial charge in [-0.1, -0.05) is 43.9 Å². The summed E-state index contributed by atoms with van der Waals surface area (Å²) in [6, 6.07) is 0. The van der Waals surface area contributed by atoms with Gasteiger partial charge in [0.15, 0.2) is 0 Å². The van der Waals surface area contributed by atoms with Crippen molar-refractivity contribution in [2.75, 3.05) is 18.6 Å². The van der Waals surface area contributed by atoms with E-state index in [1.165, 1.54) is 6.42 Å². The molecule has 2 nitrogen and oxygen atoms in total. The van der Waals surface area contributed by atoms with Gasteiger partial charge in [-0.15, -0.1) is 0 Å². The highest BCUT2D eigenvalue weighted by Gasteiger charge is 1.98. The van der Waals surface area contributed by atoms with Crippen LogP contribution in [0.3, 0.4) is 0 Å². The van der Waals surface area contributed by atoms with Crippen molar-refractivity contribution in [3.63, 3.8) is 0 Å². The van der Waals surface area contributed by atoms with Crippen LogP contribution in [0.4, 0.5) is 0 Å². The van der Waals surface area contributed by atoms with Gasteiger partial charge in [-0.25, -0.2) is 0 Å². The Morgan fingerprint density at radius 2 is 2.25 bits per heavy atom. The van der Waals surface area contributed by atoms with Crippen molar-refractivity contribution in [3.05, 3.63) is 11.5 Å². The van der Waals surface area contributed by atoms with Gasteiger partial charge in [0.1, 0.15) is 4.32 Å². The Morgan fingerprint density at radius 1 is 1.56 bits per heavy atom. The highest BCUT2D eigenvalue weighted by atomic mass is 32.2. The molecule has 0 radical (unpaired) electrons. The van der Waals surface area contributed by atoms with Crippen LogP contribution in [0, 0.1) is 5.92 Å². The van der Waals surface area contributed by atoms with E-state index in [0.717, 1.165) is 29.0 Å². The van der Waals surface area contributed by atoms with Gasteiger partial charge < -0.3 is 5.32 Å². The molecule has 0 saturated carbocycles. The van der Waals surface area contributed by atoms with Crippen molar-refractivity contribution in [3.8, 4) is 0 Å². The van der Waals surface area contributed by atoms with Crippen molar-refractivity contribution < 1.29 is 4.21 Å². The van der Waals surface area contributed by atoms with Gasteiger partial charge >= 0.3 is 0 Å². The smallest absolute Gasteiger partial charge is 0.133 e. The van der Waals surface area contributed by atoms with E-state index in [1.54, 1.807) is 23.4 Å². The predicted molar refractivity (Wildman–Crippen MR) is 80.3 cm³/mol. The Bertz CT molecular complexity index is 252. The Morgan fingerprint density at radius 3 is 2.81 bits per heavy atom. The Kier molecular flexibility index (Phi) is 10.4. The van der Waals surface area contributed by atoms with Gasteiger partial charge in [0, 0.05) is 29.4 Å². The molecule has 0 aliphatic heterocycles. The van der Waals surface area contributed by atoms with E-state index < -0.39 is 10.8 Å². The van der Waals surface area contributed by atoms with E-state index in [2.05, 4.69) is 19.2 Å². The lowest BCUT2D eigenvalue weighted by molar-refractivity contribution is 0.632. The number of thiocarbonyl (C=S) groups is 1. The molecule has 16 heavy (non-hydrogen) atoms. The molecule has 0 spiro atoms. The average molecular weight is 279 g/mol. The van der Waals surface area contributed by atoms with Crippen LogP contribution in [-0.4, -0.2) is 27.1 Å². The maximum absolute atomic E-state index is 10.7. The molecule has 0 rings (SSSR count). The summed E-state index contributed by atoms with van der Waals surface area (Å²) in [5.41, 5.74) is 0. The first-order valence-corrected chi connectivity index (χ1v) is 8.43. The zero-order chi connectivity index (χ0) is 12.4. The molecule has 0 amide bonds. The lowest BCUT2D eigenvalue weighted by Gasteiger charge is -2.07. The summed E-state index contributed by atoms with van der Waals surface area (Å²) in [7, 11) is -0.836. The maximum atomic E-state index is 10.7. The summed E-state index contributed by atoms with van der Waals surface area (Å²) in [5, 5.41) is 4.88. The van der Waals surface area contributed by atoms with Crippen molar-refractivity contribution in [1.82, 2.24) is 5.32 Å². The topological polar surface area (TPSA) is 29.1 Å². The van der Waals surface area contributed by atoms with Gasteiger partial charge in [0.05, 0.1) is 0 Å². The monoisotopic (exact) mass is 279 g/mol. The van der Waals surface area contributed by atoms with E-state index in [0.29, 0.717) is 0 Å². The largest absolute Gasteiger partial charge is 0.371 e. The summed E-state index contributed by atoms with van der Waals surface area (Å²) in [4.78, 5) is 0. The number of nitrogens with one attached hydrogen (secondary N) is 1. The molecule has 94 valence electrons. The zero-order valence-electron chi connectivity index (χ0n) is 10.2. The van der Waals surface area contributed by atoms with Crippen LogP contribution in [0.2, 0.25) is 0 Å². The molecule has 0 aromatic carbocycles. The molecule has 1 N–H and O–H groups in total. The molecule has 0 aromatic rings. The van der Waals surface area contributed by atoms with Crippen LogP contribution in [0.25, 0.3) is 0 Å². The molecule has 0 heterocycles. The molecular weight excluding hydrogens is 258 g/mol. The van der Waals surface area contributed by atoms with Crippen molar-refractivity contribution in [2.45, 2.75) is 26.7 Å². The molecule has 0 aliphatic rings. The molecule has 0 fully saturated rings. The second-order valence-corrected chi connectivity index (χ2v) is 6.95. The first kappa shape index (κ1) is 16.1. The number of thioether (sulfide) groups is 1. The summed E-state index contributed by atoms with van der Waals surface area (Å²) in [6.45, 7) is 5.25. The van der Waals surface area contributed by atoms with Gasteiger partial charge in [-0.05, 0) is 24.2 Å². The van der Waals surface area contributed by atoms with Crippen molar-refractivity contribution >= 4 is 39.1 Å². The first-order valence-electron chi connectivity index (χ1n) is 5.42. The van der Waals surface area contributed by atoms with Crippen LogP contribution in [0.15, 0.2) is 11.5 Å². The lowest BCUT2D eigenvalue weighted by Crippen LogP contribution is -2.19. The second-order valence-electron chi connectivity index (χ2n) is 3.90. The third-order valence-electron chi connectivity index (χ3n) is 1.80. The van der Waals surface area contributed by atoms with Crippen LogP contribution in [0.5, 0.6) is 0 Å². The molecule has 0 aliphatic carbocycles. The third kappa shape index (κ3) is 12.2. The molecule has 1 unspecified atom stereocenters. The minimum Gasteiger partial charge on any atom is -0.371 e. The molecule has 0 saturated heterocycles. The minimum absolute atomic E-state index is 0.734. The van der Waals surface area contributed by atoms with E-state index in [-0.39, 0.29) is 0 Å². The molecule has 5 heteroatoms. The normalized spacial score (nSPS) is 13.2. The number of rotatable bonds is 7. The standard InChI is InChI=1S/C11H21NOS3/c1-10(2)6-8-15-11(14)12-7-4-5-9-16(3)13/h5,9-10H,4,6-8H2,1-3H3,(H,12,14)/b9-5+. The van der Waals surface area contributed by atoms with Crippen molar-refractivity contribution in [1.29, 1.82) is 0 Å². The second kappa shape index (κ2) is 10.3. The Balaban J connectivity index is 3.40. The van der Waals surface area contributed by atoms with E-state index in [1.807, 2.05) is 6.08 Å². The van der Waals surface area contributed by atoms with Crippen LogP contribution in [0.1, 0.15) is 26.7 Å². The zero-order valence-corrected chi connectivity index (χ0v) is 12.6. The van der Waals surface area contributed by atoms with Crippen LogP contribution >= 0.6 is 24.0 Å². The van der Waals surface area contributed by atoms with Gasteiger partial charge in [0.2, 0.25) is 0 Å². The summed E-state index contributed by atoms with van der Waals surface area (Å²) in [6.07, 6.45) is 5.65. The predicted octanol–water partition coefficient (Wildman–Crippen LogP) is 2.92. The summed E-state index contributed by atoms with van der Waals surface area (Å²) >= 11 is 6.88. The third-order valence-corrected chi connectivity index (χ3v) is 3.72. The maximum Gasteiger partial charge on any atom is 0.133 e. The Labute approximate surface area is 111 Å². The van der Waals surface area contributed by atoms with Crippen LogP contribution in [-0.2, 0) is 10.8 Å². The summed E-state index contributed by atoms with van der Waals surface area (Å²) in [5.74, 6) is 1.82. The minimum atomic E-state index is -0.836. The number of hydrogen-bond donors (Lipinski definition) is 1. The van der Waals surface area contributed by atoms with Crippen molar-refractivity contribution in [2.24, 2.45) is 5.92 Å². The highest BCUT2D eigenvalue weighted by molar-refractivity contribution is 8.22. The molecule has 1 atom stereocenters. The van der Waals surface area contributed by atoms with E-state index >= 15 is 0 Å². The quantitative estimate of drug-likeness (QED) is 0.573. The van der Waals surface area contributed by atoms with Crippen LogP contribution < -0.4 is 5.32 Å². The molecule has 0 aromatic heterocycles. The SMILES string of the molecule is CC(C)CCSC(=S)NCC/C=C/S(C)=O. The molecular formula is C11H21NOS3.